The summed E-state index contributed by atoms with van der Waals surface area (Å²) in [4.78, 5) is 17.5. The molecule has 4 nitrogen and oxygen atoms in total. The van der Waals surface area contributed by atoms with Gasteiger partial charge < -0.3 is 4.74 Å². The molecule has 0 saturated heterocycles. The van der Waals surface area contributed by atoms with Gasteiger partial charge in [0.05, 0.1) is 10.4 Å². The number of hydrogen-bond acceptors (Lipinski definition) is 4. The monoisotopic (exact) mass is 584 g/mol. The van der Waals surface area contributed by atoms with Crippen molar-refractivity contribution in [3.8, 4) is 5.75 Å². The summed E-state index contributed by atoms with van der Waals surface area (Å²) in [5.41, 5.74) is 0.558. The fourth-order valence-electron chi connectivity index (χ4n) is 3.64. The molecule has 0 saturated carbocycles. The molecular weight excluding hydrogens is 570 g/mol. The van der Waals surface area contributed by atoms with Crippen LogP contribution >= 0.6 is 38.9 Å². The van der Waals surface area contributed by atoms with E-state index in [1.807, 2.05) is 48.5 Å². The number of carbonyl (C=O) groups excluding carboxylic acids is 1. The van der Waals surface area contributed by atoms with Gasteiger partial charge in [-0.15, -0.1) is 0 Å². The van der Waals surface area contributed by atoms with Gasteiger partial charge in [-0.05, 0) is 64.9 Å². The number of thiazole rings is 1. The second-order valence-corrected chi connectivity index (χ2v) is 10.3. The zero-order valence-corrected chi connectivity index (χ0v) is 21.5. The van der Waals surface area contributed by atoms with Gasteiger partial charge in [0.1, 0.15) is 17.4 Å². The van der Waals surface area contributed by atoms with Gasteiger partial charge in [0, 0.05) is 21.8 Å². The summed E-state index contributed by atoms with van der Waals surface area (Å²) in [5.74, 6) is -1.78. The summed E-state index contributed by atoms with van der Waals surface area (Å²) in [5, 5.41) is 5.50. The first-order chi connectivity index (χ1) is 17.4. The molecule has 0 aliphatic rings. The van der Waals surface area contributed by atoms with Crippen molar-refractivity contribution in [1.29, 1.82) is 0 Å². The van der Waals surface area contributed by atoms with E-state index in [2.05, 4.69) is 26.2 Å². The number of halogens is 4. The minimum atomic E-state index is -0.949. The number of ether oxygens (including phenoxy) is 1. The van der Waals surface area contributed by atoms with E-state index in [4.69, 9.17) is 16.3 Å². The van der Waals surface area contributed by atoms with Gasteiger partial charge in [0.25, 0.3) is 5.91 Å². The number of carbonyl (C=O) groups is 1. The molecule has 5 rings (SSSR count). The van der Waals surface area contributed by atoms with Crippen LogP contribution in [-0.2, 0) is 0 Å². The van der Waals surface area contributed by atoms with Crippen molar-refractivity contribution in [2.24, 2.45) is 0 Å². The lowest BCUT2D eigenvalue weighted by Crippen LogP contribution is -2.13. The fourth-order valence-corrected chi connectivity index (χ4v) is 5.01. The van der Waals surface area contributed by atoms with E-state index in [0.717, 1.165) is 32.9 Å². The molecule has 1 atom stereocenters. The van der Waals surface area contributed by atoms with Gasteiger partial charge in [0.2, 0.25) is 0 Å². The van der Waals surface area contributed by atoms with E-state index in [1.54, 1.807) is 18.3 Å². The maximum absolute atomic E-state index is 14.0. The molecular formula is C27H16BrClF2N2O2S. The third-order valence-electron chi connectivity index (χ3n) is 5.38. The summed E-state index contributed by atoms with van der Waals surface area (Å²) >= 11 is 10.8. The van der Waals surface area contributed by atoms with Crippen molar-refractivity contribution in [2.45, 2.75) is 6.10 Å². The van der Waals surface area contributed by atoms with Gasteiger partial charge in [-0.2, -0.15) is 0 Å². The molecule has 180 valence electrons. The van der Waals surface area contributed by atoms with E-state index >= 15 is 0 Å². The molecule has 1 aromatic heterocycles. The minimum Gasteiger partial charge on any atom is -0.480 e. The van der Waals surface area contributed by atoms with E-state index in [9.17, 15) is 13.6 Å². The largest absolute Gasteiger partial charge is 0.480 e. The fraction of sp³-hybridized carbons (Fsp3) is 0.0370. The normalized spacial score (nSPS) is 11.9. The third-order valence-corrected chi connectivity index (χ3v) is 7.08. The van der Waals surface area contributed by atoms with Crippen molar-refractivity contribution in [2.75, 3.05) is 5.32 Å². The lowest BCUT2D eigenvalue weighted by Gasteiger charge is -2.19. The highest BCUT2D eigenvalue weighted by Gasteiger charge is 2.21. The molecule has 0 fully saturated rings. The highest BCUT2D eigenvalue weighted by atomic mass is 79.9. The average molecular weight is 586 g/mol. The van der Waals surface area contributed by atoms with Crippen LogP contribution in [0.25, 0.3) is 10.8 Å². The number of anilines is 1. The first-order valence-corrected chi connectivity index (χ1v) is 12.7. The highest BCUT2D eigenvalue weighted by Crippen LogP contribution is 2.35. The van der Waals surface area contributed by atoms with Crippen LogP contribution in [-0.4, -0.2) is 10.9 Å². The number of amides is 1. The molecule has 0 aliphatic heterocycles. The van der Waals surface area contributed by atoms with E-state index in [1.165, 1.54) is 11.3 Å². The number of rotatable bonds is 6. The average Bonchev–Trinajstić information content (AvgIpc) is 3.31. The maximum atomic E-state index is 14.0. The molecule has 1 unspecified atom stereocenters. The Morgan fingerprint density at radius 3 is 2.50 bits per heavy atom. The Kier molecular flexibility index (Phi) is 7.00. The zero-order valence-electron chi connectivity index (χ0n) is 18.3. The second-order valence-electron chi connectivity index (χ2n) is 7.85. The van der Waals surface area contributed by atoms with Gasteiger partial charge in [0.15, 0.2) is 11.2 Å². The van der Waals surface area contributed by atoms with E-state index < -0.39 is 23.6 Å². The molecule has 0 spiro atoms. The van der Waals surface area contributed by atoms with Crippen LogP contribution < -0.4 is 10.1 Å². The Labute approximate surface area is 222 Å². The maximum Gasteiger partial charge on any atom is 0.260 e. The van der Waals surface area contributed by atoms with Crippen LogP contribution in [0.15, 0.2) is 89.5 Å². The Hall–Kier alpha value is -3.33. The van der Waals surface area contributed by atoms with Crippen LogP contribution in [0.2, 0.25) is 5.02 Å². The summed E-state index contributed by atoms with van der Waals surface area (Å²) in [6, 6.07) is 21.8. The summed E-state index contributed by atoms with van der Waals surface area (Å²) in [7, 11) is 0. The predicted octanol–water partition coefficient (Wildman–Crippen LogP) is 8.41. The molecule has 36 heavy (non-hydrogen) atoms. The molecule has 0 bridgehead atoms. The van der Waals surface area contributed by atoms with E-state index in [0.29, 0.717) is 21.7 Å². The quantitative estimate of drug-likeness (QED) is 0.218. The Bertz CT molecular complexity index is 1580. The Morgan fingerprint density at radius 2 is 1.72 bits per heavy atom. The van der Waals surface area contributed by atoms with Crippen molar-refractivity contribution in [1.82, 2.24) is 4.98 Å². The lowest BCUT2D eigenvalue weighted by molar-refractivity contribution is 0.102. The first-order valence-electron chi connectivity index (χ1n) is 10.7. The lowest BCUT2D eigenvalue weighted by atomic mass is 10.1. The van der Waals surface area contributed by atoms with Gasteiger partial charge in [-0.3, -0.25) is 10.1 Å². The summed E-state index contributed by atoms with van der Waals surface area (Å²) in [6.07, 6.45) is 1.06. The van der Waals surface area contributed by atoms with E-state index in [-0.39, 0.29) is 10.7 Å². The number of hydrogen-bond donors (Lipinski definition) is 1. The summed E-state index contributed by atoms with van der Waals surface area (Å²) < 4.78 is 34.6. The third kappa shape index (κ3) is 5.41. The van der Waals surface area contributed by atoms with Crippen LogP contribution in [0.1, 0.15) is 26.9 Å². The minimum absolute atomic E-state index is 0.254. The summed E-state index contributed by atoms with van der Waals surface area (Å²) in [6.45, 7) is 0. The van der Waals surface area contributed by atoms with Gasteiger partial charge in [-0.25, -0.2) is 13.8 Å². The number of nitrogens with one attached hydrogen (secondary N) is 1. The van der Waals surface area contributed by atoms with Crippen molar-refractivity contribution < 1.29 is 18.3 Å². The molecule has 1 N–H and O–H groups in total. The molecule has 5 aromatic rings. The standard InChI is InChI=1S/C27H16BrClF2N2O2S/c28-18-5-1-17-12-21(9-4-16(17)11-18)35-25(15-2-6-19(29)7-3-15)24-14-32-27(36-24)33-26(34)22-10-8-20(30)13-23(22)31/h1-14,25H,(H,32,33,34). The Balaban J connectivity index is 1.44. The number of fused-ring (bicyclic) bond motifs is 1. The second kappa shape index (κ2) is 10.3. The number of nitrogens with zero attached hydrogens (tertiary/aromatic N) is 1. The van der Waals surface area contributed by atoms with Gasteiger partial charge in [-0.1, -0.05) is 63.1 Å². The first kappa shape index (κ1) is 24.4. The van der Waals surface area contributed by atoms with Crippen molar-refractivity contribution in [3.63, 3.8) is 0 Å². The van der Waals surface area contributed by atoms with Crippen LogP contribution in [0.5, 0.6) is 5.75 Å². The van der Waals surface area contributed by atoms with Crippen molar-refractivity contribution in [3.05, 3.63) is 122 Å². The van der Waals surface area contributed by atoms with Gasteiger partial charge >= 0.3 is 0 Å². The zero-order chi connectivity index (χ0) is 25.2. The molecule has 9 heteroatoms. The SMILES string of the molecule is O=C(Nc1ncc(C(Oc2ccc3cc(Br)ccc3c2)c2ccc(Cl)cc2)s1)c1ccc(F)cc1F. The molecule has 1 amide bonds. The van der Waals surface area contributed by atoms with Crippen molar-refractivity contribution >= 4 is 60.7 Å². The smallest absolute Gasteiger partial charge is 0.260 e. The molecule has 0 radical (unpaired) electrons. The molecule has 0 aliphatic carbocycles. The van der Waals surface area contributed by atoms with Crippen LogP contribution in [0.4, 0.5) is 13.9 Å². The molecule has 4 aromatic carbocycles. The van der Waals surface area contributed by atoms with Crippen LogP contribution in [0, 0.1) is 11.6 Å². The number of benzene rings is 4. The Morgan fingerprint density at radius 1 is 0.972 bits per heavy atom. The highest BCUT2D eigenvalue weighted by molar-refractivity contribution is 9.10. The number of aromatic nitrogens is 1. The predicted molar refractivity (Wildman–Crippen MR) is 142 cm³/mol. The molecule has 1 heterocycles. The topological polar surface area (TPSA) is 51.2 Å². The van der Waals surface area contributed by atoms with Crippen LogP contribution in [0.3, 0.4) is 0 Å².